The minimum atomic E-state index is -3.65. The minimum absolute atomic E-state index is 0.391. The molecule has 0 saturated carbocycles. The van der Waals surface area contributed by atoms with Crippen LogP contribution in [0.1, 0.15) is 11.1 Å². The average molecular weight is 262 g/mol. The molecule has 2 aromatic rings. The second kappa shape index (κ2) is 4.92. The van der Waals surface area contributed by atoms with E-state index in [1.807, 2.05) is 31.2 Å². The van der Waals surface area contributed by atoms with E-state index in [0.29, 0.717) is 5.56 Å². The molecule has 98 valence electrons. The van der Waals surface area contributed by atoms with Crippen molar-refractivity contribution in [1.29, 1.82) is 0 Å². The normalized spacial score (nSPS) is 11.4. The molecule has 2 rings (SSSR count). The third-order valence-electron chi connectivity index (χ3n) is 2.95. The van der Waals surface area contributed by atoms with Crippen LogP contribution < -0.4 is 0 Å². The zero-order valence-electron chi connectivity index (χ0n) is 10.5. The molecule has 0 aliphatic carbocycles. The monoisotopic (exact) mass is 262 g/mol. The van der Waals surface area contributed by atoms with Gasteiger partial charge in [-0.25, -0.2) is 4.39 Å². The third-order valence-corrected chi connectivity index (χ3v) is 2.95. The van der Waals surface area contributed by atoms with Crippen molar-refractivity contribution in [2.75, 3.05) is 0 Å². The Bertz CT molecular complexity index is 598. The van der Waals surface area contributed by atoms with E-state index in [4.69, 9.17) is 0 Å². The number of benzene rings is 2. The van der Waals surface area contributed by atoms with E-state index in [1.165, 1.54) is 18.2 Å². The standard InChI is InChI=1S/C16H13F3/c1-11-6-8-13(9-7-11)14-4-3-5-15(10-14)16(18,19)12(2)17/h3-10H,2H2,1H3. The molecule has 0 atom stereocenters. The van der Waals surface area contributed by atoms with Crippen LogP contribution in [0, 0.1) is 6.92 Å². The lowest BCUT2D eigenvalue weighted by molar-refractivity contribution is 0.0146. The predicted octanol–water partition coefficient (Wildman–Crippen LogP) is 5.24. The number of halogens is 3. The van der Waals surface area contributed by atoms with E-state index in [2.05, 4.69) is 6.58 Å². The average Bonchev–Trinajstić information content (AvgIpc) is 2.39. The van der Waals surface area contributed by atoms with E-state index in [-0.39, 0.29) is 0 Å². The Balaban J connectivity index is 2.45. The quantitative estimate of drug-likeness (QED) is 0.709. The lowest BCUT2D eigenvalue weighted by Gasteiger charge is -2.15. The molecule has 0 amide bonds. The summed E-state index contributed by atoms with van der Waals surface area (Å²) in [5.74, 6) is -5.30. The van der Waals surface area contributed by atoms with Crippen molar-refractivity contribution in [2.24, 2.45) is 0 Å². The van der Waals surface area contributed by atoms with Gasteiger partial charge >= 0.3 is 5.92 Å². The first-order valence-electron chi connectivity index (χ1n) is 5.81. The maximum Gasteiger partial charge on any atom is 0.323 e. The lowest BCUT2D eigenvalue weighted by atomic mass is 9.99. The van der Waals surface area contributed by atoms with E-state index in [0.717, 1.165) is 11.1 Å². The molecule has 0 fully saturated rings. The van der Waals surface area contributed by atoms with Gasteiger partial charge in [-0.3, -0.25) is 0 Å². The highest BCUT2D eigenvalue weighted by atomic mass is 19.3. The van der Waals surface area contributed by atoms with E-state index in [9.17, 15) is 13.2 Å². The maximum atomic E-state index is 13.6. The maximum absolute atomic E-state index is 13.6. The molecular weight excluding hydrogens is 249 g/mol. The molecule has 0 aromatic heterocycles. The van der Waals surface area contributed by atoms with Crippen molar-refractivity contribution in [2.45, 2.75) is 12.8 Å². The van der Waals surface area contributed by atoms with Crippen LogP contribution in [-0.2, 0) is 5.92 Å². The fourth-order valence-corrected chi connectivity index (χ4v) is 1.80. The van der Waals surface area contributed by atoms with Crippen LogP contribution in [0.15, 0.2) is 60.9 Å². The van der Waals surface area contributed by atoms with Gasteiger partial charge in [0.15, 0.2) is 5.83 Å². The summed E-state index contributed by atoms with van der Waals surface area (Å²) in [4.78, 5) is 0. The SMILES string of the molecule is C=C(F)C(F)(F)c1cccc(-c2ccc(C)cc2)c1. The second-order valence-corrected chi connectivity index (χ2v) is 4.43. The molecule has 2 aromatic carbocycles. The Kier molecular flexibility index (Phi) is 3.47. The first-order valence-corrected chi connectivity index (χ1v) is 5.81. The molecule has 0 saturated heterocycles. The summed E-state index contributed by atoms with van der Waals surface area (Å²) in [6, 6.07) is 13.2. The Morgan fingerprint density at radius 3 is 2.21 bits per heavy atom. The Morgan fingerprint density at radius 1 is 1.00 bits per heavy atom. The van der Waals surface area contributed by atoms with Crippen molar-refractivity contribution >= 4 is 0 Å². The predicted molar refractivity (Wildman–Crippen MR) is 70.8 cm³/mol. The molecule has 3 heteroatoms. The van der Waals surface area contributed by atoms with Gasteiger partial charge in [0.1, 0.15) is 0 Å². The van der Waals surface area contributed by atoms with Crippen molar-refractivity contribution in [1.82, 2.24) is 0 Å². The van der Waals surface area contributed by atoms with Crippen molar-refractivity contribution in [3.63, 3.8) is 0 Å². The molecule has 0 unspecified atom stereocenters. The van der Waals surface area contributed by atoms with Gasteiger partial charge in [0.05, 0.1) is 0 Å². The lowest BCUT2D eigenvalue weighted by Crippen LogP contribution is -2.13. The highest BCUT2D eigenvalue weighted by Crippen LogP contribution is 2.37. The van der Waals surface area contributed by atoms with Crippen LogP contribution in [0.25, 0.3) is 11.1 Å². The van der Waals surface area contributed by atoms with Gasteiger partial charge in [-0.05, 0) is 24.1 Å². The van der Waals surface area contributed by atoms with Gasteiger partial charge in [0.25, 0.3) is 0 Å². The van der Waals surface area contributed by atoms with Gasteiger partial charge in [-0.1, -0.05) is 54.6 Å². The van der Waals surface area contributed by atoms with Gasteiger partial charge in [-0.2, -0.15) is 8.78 Å². The Hall–Kier alpha value is -2.03. The first kappa shape index (κ1) is 13.4. The van der Waals surface area contributed by atoms with E-state index >= 15 is 0 Å². The van der Waals surface area contributed by atoms with Crippen molar-refractivity contribution in [3.8, 4) is 11.1 Å². The Morgan fingerprint density at radius 2 is 1.63 bits per heavy atom. The molecule has 0 N–H and O–H groups in total. The zero-order chi connectivity index (χ0) is 14.0. The van der Waals surface area contributed by atoms with Crippen LogP contribution >= 0.6 is 0 Å². The summed E-state index contributed by atoms with van der Waals surface area (Å²) in [5, 5.41) is 0. The Labute approximate surface area is 110 Å². The number of rotatable bonds is 3. The topological polar surface area (TPSA) is 0 Å². The minimum Gasteiger partial charge on any atom is -0.205 e. The number of alkyl halides is 2. The van der Waals surface area contributed by atoms with Crippen LogP contribution in [0.4, 0.5) is 13.2 Å². The fourth-order valence-electron chi connectivity index (χ4n) is 1.80. The molecule has 0 heterocycles. The van der Waals surface area contributed by atoms with Crippen LogP contribution in [-0.4, -0.2) is 0 Å². The van der Waals surface area contributed by atoms with Crippen LogP contribution in [0.3, 0.4) is 0 Å². The van der Waals surface area contributed by atoms with Gasteiger partial charge in [-0.15, -0.1) is 0 Å². The highest BCUT2D eigenvalue weighted by molar-refractivity contribution is 5.64. The van der Waals surface area contributed by atoms with Crippen LogP contribution in [0.2, 0.25) is 0 Å². The van der Waals surface area contributed by atoms with Gasteiger partial charge < -0.3 is 0 Å². The molecule has 0 aliphatic rings. The van der Waals surface area contributed by atoms with Crippen molar-refractivity contribution in [3.05, 3.63) is 72.1 Å². The summed E-state index contributed by atoms with van der Waals surface area (Å²) in [5.41, 5.74) is 2.13. The highest BCUT2D eigenvalue weighted by Gasteiger charge is 2.36. The summed E-state index contributed by atoms with van der Waals surface area (Å²) in [6.45, 7) is 4.65. The fraction of sp³-hybridized carbons (Fsp3) is 0.125. The summed E-state index contributed by atoms with van der Waals surface area (Å²) in [6.07, 6.45) is 0. The number of allylic oxidation sites excluding steroid dienone is 1. The van der Waals surface area contributed by atoms with Crippen LogP contribution in [0.5, 0.6) is 0 Å². The zero-order valence-corrected chi connectivity index (χ0v) is 10.5. The van der Waals surface area contributed by atoms with Gasteiger partial charge in [0, 0.05) is 5.56 Å². The largest absolute Gasteiger partial charge is 0.323 e. The van der Waals surface area contributed by atoms with E-state index < -0.39 is 17.3 Å². The van der Waals surface area contributed by atoms with Gasteiger partial charge in [0.2, 0.25) is 0 Å². The summed E-state index contributed by atoms with van der Waals surface area (Å²) < 4.78 is 39.9. The molecule has 0 nitrogen and oxygen atoms in total. The number of aryl methyl sites for hydroxylation is 1. The molecule has 0 bridgehead atoms. The molecule has 19 heavy (non-hydrogen) atoms. The first-order chi connectivity index (χ1) is 8.91. The smallest absolute Gasteiger partial charge is 0.205 e. The number of hydrogen-bond acceptors (Lipinski definition) is 0. The van der Waals surface area contributed by atoms with Crippen molar-refractivity contribution < 1.29 is 13.2 Å². The third kappa shape index (κ3) is 2.70. The second-order valence-electron chi connectivity index (χ2n) is 4.43. The summed E-state index contributed by atoms with van der Waals surface area (Å²) >= 11 is 0. The van der Waals surface area contributed by atoms with E-state index in [1.54, 1.807) is 6.07 Å². The number of hydrogen-bond donors (Lipinski definition) is 0. The molecule has 0 aliphatic heterocycles. The molecule has 0 radical (unpaired) electrons. The molecule has 0 spiro atoms. The summed E-state index contributed by atoms with van der Waals surface area (Å²) in [7, 11) is 0. The molecular formula is C16H13F3.